The van der Waals surface area contributed by atoms with Crippen molar-refractivity contribution < 1.29 is 4.74 Å². The predicted octanol–water partition coefficient (Wildman–Crippen LogP) is 5.44. The van der Waals surface area contributed by atoms with Crippen LogP contribution in [0.25, 0.3) is 5.57 Å². The van der Waals surface area contributed by atoms with Crippen LogP contribution in [0.1, 0.15) is 61.3 Å². The molecule has 1 aromatic rings. The van der Waals surface area contributed by atoms with Gasteiger partial charge in [0, 0.05) is 4.88 Å². The molecule has 2 nitrogen and oxygen atoms in total. The summed E-state index contributed by atoms with van der Waals surface area (Å²) in [6.45, 7) is 4.72. The highest BCUT2D eigenvalue weighted by atomic mass is 35.5. The van der Waals surface area contributed by atoms with Crippen molar-refractivity contribution in [2.75, 3.05) is 6.61 Å². The Bertz CT molecular complexity index is 479. The number of allylic oxidation sites excluding steroid dienone is 2. The molecule has 0 spiro atoms. The Hall–Kier alpha value is -0.800. The number of rotatable bonds is 4. The fraction of sp³-hybridized carbons (Fsp3) is 0.562. The first kappa shape index (κ1) is 17.3. The molecule has 2 rings (SSSR count). The molecular weight excluding hydrogens is 290 g/mol. The molecule has 0 atom stereocenters. The highest BCUT2D eigenvalue weighted by Crippen LogP contribution is 2.36. The molecule has 1 aliphatic carbocycles. The Labute approximate surface area is 132 Å². The van der Waals surface area contributed by atoms with Crippen molar-refractivity contribution in [1.29, 1.82) is 5.41 Å². The van der Waals surface area contributed by atoms with E-state index < -0.39 is 0 Å². The number of ether oxygens (including phenoxy) is 1. The molecule has 0 bridgehead atoms. The monoisotopic (exact) mass is 313 g/mol. The van der Waals surface area contributed by atoms with Gasteiger partial charge in [-0.2, -0.15) is 0 Å². The Morgan fingerprint density at radius 2 is 2.10 bits per heavy atom. The van der Waals surface area contributed by atoms with Gasteiger partial charge in [0.15, 0.2) is 0 Å². The van der Waals surface area contributed by atoms with Crippen LogP contribution in [0.15, 0.2) is 12.1 Å². The first-order valence-corrected chi connectivity index (χ1v) is 8.11. The Balaban J connectivity index is 0.00000200. The van der Waals surface area contributed by atoms with E-state index in [0.29, 0.717) is 12.5 Å². The van der Waals surface area contributed by atoms with Crippen molar-refractivity contribution in [3.05, 3.63) is 27.5 Å². The number of hydrogen-bond acceptors (Lipinski definition) is 3. The summed E-state index contributed by atoms with van der Waals surface area (Å²) >= 11 is 1.74. The minimum atomic E-state index is 0. The fourth-order valence-electron chi connectivity index (χ4n) is 2.48. The third-order valence-corrected chi connectivity index (χ3v) is 4.64. The first-order chi connectivity index (χ1) is 9.26. The van der Waals surface area contributed by atoms with Crippen molar-refractivity contribution in [2.45, 2.75) is 52.4 Å². The molecule has 0 aromatic carbocycles. The van der Waals surface area contributed by atoms with Gasteiger partial charge in [-0.05, 0) is 56.2 Å². The maximum atomic E-state index is 7.94. The quantitative estimate of drug-likeness (QED) is 0.448. The lowest BCUT2D eigenvalue weighted by molar-refractivity contribution is 0.326. The highest BCUT2D eigenvalue weighted by Gasteiger charge is 2.18. The first-order valence-electron chi connectivity index (χ1n) is 7.30. The Kier molecular flexibility index (Phi) is 7.31. The number of aryl methyl sites for hydroxylation is 1. The van der Waals surface area contributed by atoms with Crippen LogP contribution < -0.4 is 0 Å². The summed E-state index contributed by atoms with van der Waals surface area (Å²) in [7, 11) is 0. The zero-order valence-electron chi connectivity index (χ0n) is 12.3. The van der Waals surface area contributed by atoms with Crippen LogP contribution in [0, 0.1) is 5.41 Å². The smallest absolute Gasteiger partial charge is 0.223 e. The van der Waals surface area contributed by atoms with E-state index >= 15 is 0 Å². The third kappa shape index (κ3) is 4.10. The van der Waals surface area contributed by atoms with E-state index in [4.69, 9.17) is 10.1 Å². The van der Waals surface area contributed by atoms with Crippen molar-refractivity contribution in [3.63, 3.8) is 0 Å². The van der Waals surface area contributed by atoms with E-state index in [0.717, 1.165) is 17.7 Å². The normalized spacial score (nSPS) is 16.2. The molecule has 0 saturated carbocycles. The van der Waals surface area contributed by atoms with Crippen LogP contribution in [0.3, 0.4) is 0 Å². The van der Waals surface area contributed by atoms with Crippen LogP contribution in [0.2, 0.25) is 0 Å². The molecular formula is C16H24ClNOS. The third-order valence-electron chi connectivity index (χ3n) is 3.45. The van der Waals surface area contributed by atoms with Gasteiger partial charge in [-0.15, -0.1) is 23.7 Å². The number of nitrogens with one attached hydrogen (secondary N) is 1. The van der Waals surface area contributed by atoms with Gasteiger partial charge in [0.2, 0.25) is 5.90 Å². The average Bonchev–Trinajstić information content (AvgIpc) is 2.74. The minimum absolute atomic E-state index is 0. The summed E-state index contributed by atoms with van der Waals surface area (Å²) in [4.78, 5) is 2.43. The topological polar surface area (TPSA) is 33.1 Å². The second kappa shape index (κ2) is 8.48. The maximum absolute atomic E-state index is 7.94. The summed E-state index contributed by atoms with van der Waals surface area (Å²) in [6, 6.07) is 2.17. The van der Waals surface area contributed by atoms with E-state index in [1.54, 1.807) is 11.3 Å². The summed E-state index contributed by atoms with van der Waals surface area (Å²) in [5.74, 6) is 0.329. The van der Waals surface area contributed by atoms with Crippen molar-refractivity contribution >= 4 is 35.2 Å². The van der Waals surface area contributed by atoms with Crippen molar-refractivity contribution in [1.82, 2.24) is 0 Å². The van der Waals surface area contributed by atoms with Gasteiger partial charge in [0.1, 0.15) is 0 Å². The summed E-state index contributed by atoms with van der Waals surface area (Å²) in [5, 5.41) is 7.94. The van der Waals surface area contributed by atoms with Gasteiger partial charge < -0.3 is 4.74 Å². The molecule has 20 heavy (non-hydrogen) atoms. The molecule has 1 heterocycles. The lowest BCUT2D eigenvalue weighted by Crippen LogP contribution is -2.01. The van der Waals surface area contributed by atoms with Crippen LogP contribution in [-0.4, -0.2) is 12.5 Å². The lowest BCUT2D eigenvalue weighted by atomic mass is 10.0. The predicted molar refractivity (Wildman–Crippen MR) is 90.5 cm³/mol. The van der Waals surface area contributed by atoms with Crippen LogP contribution in [-0.2, 0) is 11.2 Å². The molecule has 0 radical (unpaired) electrons. The minimum Gasteiger partial charge on any atom is -0.477 e. The van der Waals surface area contributed by atoms with Crippen molar-refractivity contribution in [3.8, 4) is 0 Å². The van der Waals surface area contributed by atoms with Gasteiger partial charge >= 0.3 is 0 Å². The van der Waals surface area contributed by atoms with Gasteiger partial charge in [-0.3, -0.25) is 5.41 Å². The van der Waals surface area contributed by atoms with E-state index in [9.17, 15) is 0 Å². The highest BCUT2D eigenvalue weighted by molar-refractivity contribution is 7.14. The molecule has 0 amide bonds. The molecule has 1 aliphatic rings. The molecule has 4 heteroatoms. The maximum Gasteiger partial charge on any atom is 0.223 e. The number of unbranched alkanes of at least 4 members (excludes halogenated alkanes) is 1. The molecule has 0 unspecified atom stereocenters. The SMILES string of the molecule is CCCC=C1CCCCc2sc(C(=N)OCC)cc21.Cl. The summed E-state index contributed by atoms with van der Waals surface area (Å²) < 4.78 is 5.33. The van der Waals surface area contributed by atoms with Gasteiger partial charge in [-0.1, -0.05) is 19.4 Å². The van der Waals surface area contributed by atoms with Gasteiger partial charge in [0.05, 0.1) is 11.5 Å². The van der Waals surface area contributed by atoms with Gasteiger partial charge in [0.25, 0.3) is 0 Å². The number of fused-ring (bicyclic) bond motifs is 1. The van der Waals surface area contributed by atoms with Crippen LogP contribution in [0.4, 0.5) is 0 Å². The second-order valence-electron chi connectivity index (χ2n) is 4.93. The number of halogens is 1. The number of thiophene rings is 1. The van der Waals surface area contributed by atoms with E-state index in [-0.39, 0.29) is 12.4 Å². The average molecular weight is 314 g/mol. The molecule has 0 fully saturated rings. The van der Waals surface area contributed by atoms with Crippen molar-refractivity contribution in [2.24, 2.45) is 0 Å². The Morgan fingerprint density at radius 1 is 1.35 bits per heavy atom. The van der Waals surface area contributed by atoms with E-state index in [1.165, 1.54) is 41.7 Å². The largest absolute Gasteiger partial charge is 0.477 e. The zero-order valence-corrected chi connectivity index (χ0v) is 14.0. The summed E-state index contributed by atoms with van der Waals surface area (Å²) in [5.41, 5.74) is 2.87. The van der Waals surface area contributed by atoms with Crippen LogP contribution >= 0.6 is 23.7 Å². The van der Waals surface area contributed by atoms with Gasteiger partial charge in [-0.25, -0.2) is 0 Å². The molecule has 1 N–H and O–H groups in total. The molecule has 112 valence electrons. The molecule has 0 saturated heterocycles. The van der Waals surface area contributed by atoms with E-state index in [2.05, 4.69) is 19.1 Å². The second-order valence-corrected chi connectivity index (χ2v) is 6.07. The van der Waals surface area contributed by atoms with Crippen LogP contribution in [0.5, 0.6) is 0 Å². The fourth-order valence-corrected chi connectivity index (χ4v) is 3.62. The lowest BCUT2D eigenvalue weighted by Gasteiger charge is -2.04. The van der Waals surface area contributed by atoms with E-state index in [1.807, 2.05) is 6.92 Å². The number of hydrogen-bond donors (Lipinski definition) is 1. The molecule has 0 aliphatic heterocycles. The Morgan fingerprint density at radius 3 is 2.80 bits per heavy atom. The standard InChI is InChI=1S/C16H23NOS.ClH/c1-3-5-8-12-9-6-7-10-14-13(12)11-15(19-14)16(17)18-4-2;/h8,11,17H,3-7,9-10H2,1-2H3;1H. The zero-order chi connectivity index (χ0) is 13.7. The summed E-state index contributed by atoms with van der Waals surface area (Å²) in [6.07, 6.45) is 9.64. The molecule has 1 aromatic heterocycles.